The average Bonchev–Trinajstić information content (AvgIpc) is 3.17. The molecule has 2 atom stereocenters. The molecule has 4 rings (SSSR count). The lowest BCUT2D eigenvalue weighted by atomic mass is 10.1. The zero-order valence-corrected chi connectivity index (χ0v) is 16.6. The highest BCUT2D eigenvalue weighted by Gasteiger charge is 2.55. The molecule has 1 N–H and O–H groups in total. The number of imide groups is 1. The topological polar surface area (TPSA) is 94.4 Å². The fourth-order valence-corrected chi connectivity index (χ4v) is 3.70. The number of rotatable bonds is 4. The van der Waals surface area contributed by atoms with Crippen molar-refractivity contribution < 1.29 is 14.4 Å². The molecule has 0 aromatic heterocycles. The fraction of sp³-hybridized carbons (Fsp3) is 0.250. The Hall–Kier alpha value is -3.26. The van der Waals surface area contributed by atoms with E-state index in [0.29, 0.717) is 16.4 Å². The number of halogens is 1. The predicted molar refractivity (Wildman–Crippen MR) is 108 cm³/mol. The number of benzene rings is 2. The van der Waals surface area contributed by atoms with Gasteiger partial charge in [-0.3, -0.25) is 19.4 Å². The van der Waals surface area contributed by atoms with Crippen molar-refractivity contribution in [3.8, 4) is 0 Å². The van der Waals surface area contributed by atoms with Crippen molar-refractivity contribution in [1.29, 1.82) is 0 Å². The average molecular weight is 412 g/mol. The van der Waals surface area contributed by atoms with E-state index in [1.54, 1.807) is 18.2 Å². The van der Waals surface area contributed by atoms with Crippen LogP contribution in [0, 0.1) is 13.8 Å². The molecule has 0 bridgehead atoms. The molecule has 1 fully saturated rings. The Kier molecular flexibility index (Phi) is 4.79. The Balaban J connectivity index is 1.49. The molecule has 2 aromatic rings. The third-order valence-electron chi connectivity index (χ3n) is 4.89. The summed E-state index contributed by atoms with van der Waals surface area (Å²) in [5.41, 5.74) is 3.07. The summed E-state index contributed by atoms with van der Waals surface area (Å²) in [6.45, 7) is 3.67. The molecule has 148 valence electrons. The SMILES string of the molecule is Cc1ccc(NC(=O)CN2N=N[C@H]3C(=O)N(c4cccc(Cl)c4)C(=O)[C@H]32)c(C)c1. The van der Waals surface area contributed by atoms with E-state index in [4.69, 9.17) is 11.6 Å². The van der Waals surface area contributed by atoms with E-state index >= 15 is 0 Å². The van der Waals surface area contributed by atoms with Gasteiger partial charge in [-0.2, -0.15) is 5.11 Å². The van der Waals surface area contributed by atoms with Gasteiger partial charge in [0, 0.05) is 10.7 Å². The first-order chi connectivity index (χ1) is 13.8. The van der Waals surface area contributed by atoms with Crippen LogP contribution in [-0.4, -0.2) is 41.4 Å². The van der Waals surface area contributed by atoms with Gasteiger partial charge in [-0.15, -0.1) is 0 Å². The molecule has 3 amide bonds. The summed E-state index contributed by atoms with van der Waals surface area (Å²) >= 11 is 5.98. The van der Waals surface area contributed by atoms with Crippen LogP contribution in [0.5, 0.6) is 0 Å². The first kappa shape index (κ1) is 19.1. The lowest BCUT2D eigenvalue weighted by Crippen LogP contribution is -2.43. The van der Waals surface area contributed by atoms with E-state index in [1.165, 1.54) is 11.1 Å². The van der Waals surface area contributed by atoms with Crippen molar-refractivity contribution in [3.63, 3.8) is 0 Å². The summed E-state index contributed by atoms with van der Waals surface area (Å²) in [6, 6.07) is 10.2. The molecule has 0 saturated carbocycles. The molecule has 0 radical (unpaired) electrons. The van der Waals surface area contributed by atoms with Crippen LogP contribution in [0.3, 0.4) is 0 Å². The molecule has 0 unspecified atom stereocenters. The fourth-order valence-electron chi connectivity index (χ4n) is 3.51. The van der Waals surface area contributed by atoms with Crippen LogP contribution in [0.25, 0.3) is 0 Å². The van der Waals surface area contributed by atoms with Crippen LogP contribution in [0.1, 0.15) is 11.1 Å². The Bertz CT molecular complexity index is 1050. The second kappa shape index (κ2) is 7.29. The Morgan fingerprint density at radius 1 is 1.14 bits per heavy atom. The number of carbonyl (C=O) groups is 3. The Morgan fingerprint density at radius 3 is 2.66 bits per heavy atom. The van der Waals surface area contributed by atoms with E-state index in [2.05, 4.69) is 15.7 Å². The maximum absolute atomic E-state index is 12.9. The standard InChI is InChI=1S/C20H18ClN5O3/c1-11-6-7-15(12(2)8-11)22-16(27)10-25-18-17(23-24-25)19(28)26(20(18)29)14-5-3-4-13(21)9-14/h3-9,17-18H,10H2,1-2H3,(H,22,27)/t17-,18+/m1/s1. The normalized spacial score (nSPS) is 20.4. The van der Waals surface area contributed by atoms with Gasteiger partial charge in [-0.05, 0) is 43.7 Å². The van der Waals surface area contributed by atoms with E-state index < -0.39 is 23.9 Å². The zero-order valence-electron chi connectivity index (χ0n) is 15.8. The number of carbonyl (C=O) groups excluding carboxylic acids is 3. The third kappa shape index (κ3) is 3.47. The summed E-state index contributed by atoms with van der Waals surface area (Å²) in [7, 11) is 0. The van der Waals surface area contributed by atoms with Crippen molar-refractivity contribution >= 4 is 40.7 Å². The van der Waals surface area contributed by atoms with Gasteiger partial charge in [-0.1, -0.05) is 40.6 Å². The summed E-state index contributed by atoms with van der Waals surface area (Å²) < 4.78 is 0. The molecule has 2 aromatic carbocycles. The van der Waals surface area contributed by atoms with Crippen molar-refractivity contribution in [2.75, 3.05) is 16.8 Å². The van der Waals surface area contributed by atoms with Gasteiger partial charge in [0.15, 0.2) is 12.1 Å². The lowest BCUT2D eigenvalue weighted by molar-refractivity contribution is -0.123. The van der Waals surface area contributed by atoms with Crippen molar-refractivity contribution in [2.24, 2.45) is 10.3 Å². The summed E-state index contributed by atoms with van der Waals surface area (Å²) in [6.07, 6.45) is 0. The minimum absolute atomic E-state index is 0.194. The van der Waals surface area contributed by atoms with Gasteiger partial charge >= 0.3 is 0 Å². The van der Waals surface area contributed by atoms with Crippen LogP contribution in [0.15, 0.2) is 52.8 Å². The number of hydrogen-bond acceptors (Lipinski definition) is 6. The largest absolute Gasteiger partial charge is 0.324 e. The van der Waals surface area contributed by atoms with Gasteiger partial charge in [0.1, 0.15) is 6.54 Å². The molecule has 0 spiro atoms. The second-order valence-corrected chi connectivity index (χ2v) is 7.49. The molecule has 2 aliphatic rings. The Morgan fingerprint density at radius 2 is 1.93 bits per heavy atom. The quantitative estimate of drug-likeness (QED) is 0.782. The monoisotopic (exact) mass is 411 g/mol. The molecular weight excluding hydrogens is 394 g/mol. The zero-order chi connectivity index (χ0) is 20.7. The van der Waals surface area contributed by atoms with Gasteiger partial charge in [0.25, 0.3) is 11.8 Å². The van der Waals surface area contributed by atoms with E-state index in [9.17, 15) is 14.4 Å². The Labute approximate surface area is 172 Å². The van der Waals surface area contributed by atoms with Crippen LogP contribution in [0.4, 0.5) is 11.4 Å². The molecular formula is C20H18ClN5O3. The summed E-state index contributed by atoms with van der Waals surface area (Å²) in [5, 5.41) is 12.3. The van der Waals surface area contributed by atoms with E-state index in [-0.39, 0.29) is 12.5 Å². The minimum atomic E-state index is -0.963. The number of fused-ring (bicyclic) bond motifs is 1. The molecule has 2 aliphatic heterocycles. The smallest absolute Gasteiger partial charge is 0.263 e. The number of amides is 3. The van der Waals surface area contributed by atoms with E-state index in [0.717, 1.165) is 16.0 Å². The van der Waals surface area contributed by atoms with Gasteiger partial charge in [-0.25, -0.2) is 4.90 Å². The number of nitrogens with one attached hydrogen (secondary N) is 1. The summed E-state index contributed by atoms with van der Waals surface area (Å²) in [5.74, 6) is -1.31. The van der Waals surface area contributed by atoms with Gasteiger partial charge in [0.05, 0.1) is 5.69 Å². The molecule has 1 saturated heterocycles. The van der Waals surface area contributed by atoms with Crippen LogP contribution < -0.4 is 10.2 Å². The first-order valence-electron chi connectivity index (χ1n) is 9.03. The number of hydrogen-bond donors (Lipinski definition) is 1. The van der Waals surface area contributed by atoms with Crippen molar-refractivity contribution in [1.82, 2.24) is 5.01 Å². The van der Waals surface area contributed by atoms with Gasteiger partial charge in [0.2, 0.25) is 5.91 Å². The second-order valence-electron chi connectivity index (χ2n) is 7.05. The first-order valence-corrected chi connectivity index (χ1v) is 9.41. The summed E-state index contributed by atoms with van der Waals surface area (Å²) in [4.78, 5) is 39.2. The van der Waals surface area contributed by atoms with Crippen molar-refractivity contribution in [3.05, 3.63) is 58.6 Å². The van der Waals surface area contributed by atoms with Crippen LogP contribution in [0.2, 0.25) is 5.02 Å². The molecule has 2 heterocycles. The highest BCUT2D eigenvalue weighted by molar-refractivity contribution is 6.31. The third-order valence-corrected chi connectivity index (χ3v) is 5.12. The maximum atomic E-state index is 12.9. The highest BCUT2D eigenvalue weighted by atomic mass is 35.5. The highest BCUT2D eigenvalue weighted by Crippen LogP contribution is 2.32. The van der Waals surface area contributed by atoms with Gasteiger partial charge < -0.3 is 5.32 Å². The van der Waals surface area contributed by atoms with E-state index in [1.807, 2.05) is 32.0 Å². The van der Waals surface area contributed by atoms with Crippen LogP contribution >= 0.6 is 11.6 Å². The number of anilines is 2. The number of aryl methyl sites for hydroxylation is 2. The minimum Gasteiger partial charge on any atom is -0.324 e. The molecule has 8 nitrogen and oxygen atoms in total. The predicted octanol–water partition coefficient (Wildman–Crippen LogP) is 2.89. The number of nitrogens with zero attached hydrogens (tertiary/aromatic N) is 4. The lowest BCUT2D eigenvalue weighted by Gasteiger charge is -2.20. The molecule has 0 aliphatic carbocycles. The van der Waals surface area contributed by atoms with Crippen molar-refractivity contribution in [2.45, 2.75) is 25.9 Å². The maximum Gasteiger partial charge on any atom is 0.263 e. The van der Waals surface area contributed by atoms with Crippen LogP contribution in [-0.2, 0) is 14.4 Å². The molecule has 29 heavy (non-hydrogen) atoms. The molecule has 9 heteroatoms.